The number of rotatable bonds is 3. The summed E-state index contributed by atoms with van der Waals surface area (Å²) in [5.74, 6) is 1.72. The third-order valence-corrected chi connectivity index (χ3v) is 2.47. The standard InChI is InChI=1S/C11H15N5O/c1-7(2)11-13-14-15-16(11)10-5-4-8(17-3)6-9(10)12/h4-7H,12H2,1-3H3. The molecule has 6 heteroatoms. The number of tetrazole rings is 1. The second-order valence-electron chi connectivity index (χ2n) is 4.03. The van der Waals surface area contributed by atoms with Gasteiger partial charge >= 0.3 is 0 Å². The van der Waals surface area contributed by atoms with Crippen LogP contribution in [0.15, 0.2) is 18.2 Å². The molecule has 0 radical (unpaired) electrons. The molecule has 0 spiro atoms. The van der Waals surface area contributed by atoms with E-state index in [4.69, 9.17) is 10.5 Å². The van der Waals surface area contributed by atoms with Crippen molar-refractivity contribution in [3.05, 3.63) is 24.0 Å². The lowest BCUT2D eigenvalue weighted by Gasteiger charge is -2.10. The lowest BCUT2D eigenvalue weighted by atomic mass is 10.2. The van der Waals surface area contributed by atoms with Crippen LogP contribution in [0.4, 0.5) is 5.69 Å². The molecule has 0 aliphatic carbocycles. The van der Waals surface area contributed by atoms with Gasteiger partial charge < -0.3 is 10.5 Å². The highest BCUT2D eigenvalue weighted by molar-refractivity contribution is 5.60. The zero-order chi connectivity index (χ0) is 12.4. The second-order valence-corrected chi connectivity index (χ2v) is 4.03. The van der Waals surface area contributed by atoms with Crippen molar-refractivity contribution in [3.63, 3.8) is 0 Å². The zero-order valence-corrected chi connectivity index (χ0v) is 10.1. The molecule has 1 aromatic heterocycles. The number of methoxy groups -OCH3 is 1. The molecular weight excluding hydrogens is 218 g/mol. The molecule has 0 unspecified atom stereocenters. The molecule has 17 heavy (non-hydrogen) atoms. The number of hydrogen-bond acceptors (Lipinski definition) is 5. The molecule has 0 aliphatic heterocycles. The van der Waals surface area contributed by atoms with E-state index in [-0.39, 0.29) is 5.92 Å². The maximum absolute atomic E-state index is 5.96. The Morgan fingerprint density at radius 3 is 2.71 bits per heavy atom. The molecule has 1 aromatic carbocycles. The smallest absolute Gasteiger partial charge is 0.159 e. The van der Waals surface area contributed by atoms with E-state index in [1.54, 1.807) is 17.9 Å². The van der Waals surface area contributed by atoms with Gasteiger partial charge in [0.1, 0.15) is 5.75 Å². The van der Waals surface area contributed by atoms with E-state index in [2.05, 4.69) is 15.5 Å². The van der Waals surface area contributed by atoms with Crippen molar-refractivity contribution < 1.29 is 4.74 Å². The molecule has 2 aromatic rings. The molecule has 2 rings (SSSR count). The second kappa shape index (κ2) is 4.40. The maximum atomic E-state index is 5.96. The third-order valence-electron chi connectivity index (χ3n) is 2.47. The first-order valence-corrected chi connectivity index (χ1v) is 5.35. The van der Waals surface area contributed by atoms with Crippen molar-refractivity contribution in [3.8, 4) is 11.4 Å². The molecule has 0 fully saturated rings. The Morgan fingerprint density at radius 1 is 1.35 bits per heavy atom. The summed E-state index contributed by atoms with van der Waals surface area (Å²) in [6, 6.07) is 5.43. The van der Waals surface area contributed by atoms with Crippen molar-refractivity contribution >= 4 is 5.69 Å². The van der Waals surface area contributed by atoms with Crippen LogP contribution in [0.5, 0.6) is 5.75 Å². The van der Waals surface area contributed by atoms with Gasteiger partial charge in [0.15, 0.2) is 5.82 Å². The minimum absolute atomic E-state index is 0.228. The van der Waals surface area contributed by atoms with Crippen molar-refractivity contribution in [1.82, 2.24) is 20.2 Å². The normalized spacial score (nSPS) is 10.8. The van der Waals surface area contributed by atoms with Crippen LogP contribution in [0, 0.1) is 0 Å². The van der Waals surface area contributed by atoms with Gasteiger partial charge in [-0.25, -0.2) is 0 Å². The highest BCUT2D eigenvalue weighted by Crippen LogP contribution is 2.24. The summed E-state index contributed by atoms with van der Waals surface area (Å²) in [7, 11) is 1.60. The average Bonchev–Trinajstić information content (AvgIpc) is 2.77. The molecule has 0 amide bonds. The van der Waals surface area contributed by atoms with Gasteiger partial charge in [-0.2, -0.15) is 4.68 Å². The molecule has 0 aliphatic rings. The van der Waals surface area contributed by atoms with Gasteiger partial charge in [0.25, 0.3) is 0 Å². The summed E-state index contributed by atoms with van der Waals surface area (Å²) in [5.41, 5.74) is 7.31. The first kappa shape index (κ1) is 11.4. The van der Waals surface area contributed by atoms with Crippen LogP contribution >= 0.6 is 0 Å². The number of hydrogen-bond donors (Lipinski definition) is 1. The molecule has 2 N–H and O–H groups in total. The Hall–Kier alpha value is -2.11. The minimum Gasteiger partial charge on any atom is -0.497 e. The van der Waals surface area contributed by atoms with Gasteiger partial charge in [0.2, 0.25) is 0 Å². The van der Waals surface area contributed by atoms with Crippen LogP contribution in [0.3, 0.4) is 0 Å². The predicted molar refractivity (Wildman–Crippen MR) is 64.2 cm³/mol. The SMILES string of the molecule is COc1ccc(-n2nnnc2C(C)C)c(N)c1. The summed E-state index contributed by atoms with van der Waals surface area (Å²) in [6.07, 6.45) is 0. The molecule has 0 saturated carbocycles. The Kier molecular flexibility index (Phi) is 2.95. The number of anilines is 1. The number of nitrogen functional groups attached to an aromatic ring is 1. The van der Waals surface area contributed by atoms with Crippen molar-refractivity contribution in [2.75, 3.05) is 12.8 Å². The van der Waals surface area contributed by atoms with Crippen LogP contribution in [0.2, 0.25) is 0 Å². The van der Waals surface area contributed by atoms with Crippen LogP contribution < -0.4 is 10.5 Å². The zero-order valence-electron chi connectivity index (χ0n) is 10.1. The fourth-order valence-electron chi connectivity index (χ4n) is 1.58. The van der Waals surface area contributed by atoms with E-state index in [1.807, 2.05) is 26.0 Å². The monoisotopic (exact) mass is 233 g/mol. The fourth-order valence-corrected chi connectivity index (χ4v) is 1.58. The van der Waals surface area contributed by atoms with Gasteiger partial charge in [-0.15, -0.1) is 5.10 Å². The van der Waals surface area contributed by atoms with E-state index in [1.165, 1.54) is 0 Å². The molecule has 1 heterocycles. The van der Waals surface area contributed by atoms with Crippen molar-refractivity contribution in [2.24, 2.45) is 0 Å². The predicted octanol–water partition coefficient (Wildman–Crippen LogP) is 1.38. The summed E-state index contributed by atoms with van der Waals surface area (Å²) >= 11 is 0. The lowest BCUT2D eigenvalue weighted by molar-refractivity contribution is 0.415. The molecular formula is C11H15N5O. The third kappa shape index (κ3) is 2.06. The number of nitrogens with zero attached hydrogens (tertiary/aromatic N) is 4. The van der Waals surface area contributed by atoms with Crippen LogP contribution in [0.25, 0.3) is 5.69 Å². The molecule has 0 bridgehead atoms. The summed E-state index contributed by atoms with van der Waals surface area (Å²) in [4.78, 5) is 0. The number of nitrogens with two attached hydrogens (primary N) is 1. The summed E-state index contributed by atoms with van der Waals surface area (Å²) < 4.78 is 6.76. The van der Waals surface area contributed by atoms with Crippen molar-refractivity contribution in [1.29, 1.82) is 0 Å². The summed E-state index contributed by atoms with van der Waals surface area (Å²) in [5, 5.41) is 11.6. The first-order valence-electron chi connectivity index (χ1n) is 5.35. The molecule has 90 valence electrons. The van der Waals surface area contributed by atoms with Gasteiger partial charge in [-0.05, 0) is 22.6 Å². The van der Waals surface area contributed by atoms with E-state index < -0.39 is 0 Å². The fraction of sp³-hybridized carbons (Fsp3) is 0.364. The Bertz CT molecular complexity index is 520. The number of benzene rings is 1. The number of ether oxygens (including phenoxy) is 1. The van der Waals surface area contributed by atoms with Gasteiger partial charge in [-0.1, -0.05) is 13.8 Å². The quantitative estimate of drug-likeness (QED) is 0.810. The van der Waals surface area contributed by atoms with E-state index in [0.717, 1.165) is 11.5 Å². The topological polar surface area (TPSA) is 78.8 Å². The first-order chi connectivity index (χ1) is 8.13. The highest BCUT2D eigenvalue weighted by atomic mass is 16.5. The van der Waals surface area contributed by atoms with Crippen LogP contribution in [-0.4, -0.2) is 27.3 Å². The van der Waals surface area contributed by atoms with Crippen LogP contribution in [-0.2, 0) is 0 Å². The Labute approximate surface area is 99.4 Å². The maximum Gasteiger partial charge on any atom is 0.159 e. The van der Waals surface area contributed by atoms with Gasteiger partial charge in [0, 0.05) is 12.0 Å². The van der Waals surface area contributed by atoms with E-state index in [0.29, 0.717) is 11.4 Å². The molecule has 6 nitrogen and oxygen atoms in total. The minimum atomic E-state index is 0.228. The Balaban J connectivity index is 2.49. The van der Waals surface area contributed by atoms with Crippen LogP contribution in [0.1, 0.15) is 25.6 Å². The lowest BCUT2D eigenvalue weighted by Crippen LogP contribution is -2.07. The largest absolute Gasteiger partial charge is 0.497 e. The average molecular weight is 233 g/mol. The number of aromatic nitrogens is 4. The van der Waals surface area contributed by atoms with E-state index >= 15 is 0 Å². The molecule has 0 saturated heterocycles. The van der Waals surface area contributed by atoms with Gasteiger partial charge in [0.05, 0.1) is 18.5 Å². The van der Waals surface area contributed by atoms with E-state index in [9.17, 15) is 0 Å². The highest BCUT2D eigenvalue weighted by Gasteiger charge is 2.14. The van der Waals surface area contributed by atoms with Gasteiger partial charge in [-0.3, -0.25) is 0 Å². The summed E-state index contributed by atoms with van der Waals surface area (Å²) in [6.45, 7) is 4.06. The molecule has 0 atom stereocenters. The van der Waals surface area contributed by atoms with Crippen molar-refractivity contribution in [2.45, 2.75) is 19.8 Å². The Morgan fingerprint density at radius 2 is 2.12 bits per heavy atom.